The van der Waals surface area contributed by atoms with Gasteiger partial charge in [-0.2, -0.15) is 11.8 Å². The number of rotatable bonds is 0. The second-order valence-electron chi connectivity index (χ2n) is 2.83. The van der Waals surface area contributed by atoms with Crippen LogP contribution < -0.4 is 0 Å². The first kappa shape index (κ1) is 6.47. The van der Waals surface area contributed by atoms with E-state index in [1.807, 2.05) is 0 Å². The van der Waals surface area contributed by atoms with E-state index >= 15 is 0 Å². The van der Waals surface area contributed by atoms with Crippen molar-refractivity contribution in [3.05, 3.63) is 0 Å². The maximum atomic E-state index is 2.35. The third kappa shape index (κ3) is 1.70. The third-order valence-corrected chi connectivity index (χ3v) is 3.30. The van der Waals surface area contributed by atoms with Crippen LogP contribution in [0.1, 0.15) is 26.7 Å². The molecule has 1 rings (SSSR count). The molecule has 8 heavy (non-hydrogen) atoms. The Labute approximate surface area is 56.0 Å². The van der Waals surface area contributed by atoms with Crippen LogP contribution in [0.3, 0.4) is 0 Å². The van der Waals surface area contributed by atoms with Crippen LogP contribution in [0, 0.1) is 5.92 Å². The van der Waals surface area contributed by atoms with Crippen LogP contribution in [0.2, 0.25) is 0 Å². The van der Waals surface area contributed by atoms with Gasteiger partial charge in [0.25, 0.3) is 0 Å². The summed E-state index contributed by atoms with van der Waals surface area (Å²) in [5.74, 6) is 2.37. The molecule has 0 aromatic rings. The molecule has 48 valence electrons. The second kappa shape index (κ2) is 2.77. The smallest absolute Gasteiger partial charge is 0.00189 e. The molecule has 0 saturated carbocycles. The Kier molecular flexibility index (Phi) is 2.24. The molecule has 1 heterocycles. The van der Waals surface area contributed by atoms with E-state index in [2.05, 4.69) is 25.6 Å². The summed E-state index contributed by atoms with van der Waals surface area (Å²) >= 11 is 2.13. The van der Waals surface area contributed by atoms with Crippen molar-refractivity contribution < 1.29 is 0 Å². The van der Waals surface area contributed by atoms with Gasteiger partial charge in [0.2, 0.25) is 0 Å². The summed E-state index contributed by atoms with van der Waals surface area (Å²) < 4.78 is 0. The van der Waals surface area contributed by atoms with E-state index in [0.29, 0.717) is 0 Å². The van der Waals surface area contributed by atoms with Gasteiger partial charge in [0.05, 0.1) is 0 Å². The normalized spacial score (nSPS) is 39.8. The highest BCUT2D eigenvalue weighted by molar-refractivity contribution is 7.99. The quantitative estimate of drug-likeness (QED) is 0.485. The summed E-state index contributed by atoms with van der Waals surface area (Å²) in [6.45, 7) is 4.68. The van der Waals surface area contributed by atoms with Gasteiger partial charge in [0.1, 0.15) is 0 Å². The van der Waals surface area contributed by atoms with Crippen molar-refractivity contribution in [2.45, 2.75) is 31.9 Å². The minimum Gasteiger partial charge on any atom is -0.159 e. The highest BCUT2D eigenvalue weighted by Crippen LogP contribution is 2.27. The predicted molar refractivity (Wildman–Crippen MR) is 40.3 cm³/mol. The van der Waals surface area contributed by atoms with E-state index in [4.69, 9.17) is 0 Å². The van der Waals surface area contributed by atoms with E-state index in [1.165, 1.54) is 18.6 Å². The van der Waals surface area contributed by atoms with E-state index in [1.54, 1.807) is 0 Å². The van der Waals surface area contributed by atoms with Crippen LogP contribution in [-0.4, -0.2) is 11.0 Å². The Hall–Kier alpha value is 0.350. The topological polar surface area (TPSA) is 0 Å². The fraction of sp³-hybridized carbons (Fsp3) is 1.00. The monoisotopic (exact) mass is 130 g/mol. The molecule has 1 fully saturated rings. The molecule has 0 aromatic heterocycles. The zero-order valence-corrected chi connectivity index (χ0v) is 6.50. The first-order valence-corrected chi connectivity index (χ1v) is 4.45. The summed E-state index contributed by atoms with van der Waals surface area (Å²) in [4.78, 5) is 0. The second-order valence-corrected chi connectivity index (χ2v) is 4.30. The van der Waals surface area contributed by atoms with E-state index in [9.17, 15) is 0 Å². The largest absolute Gasteiger partial charge is 0.159 e. The van der Waals surface area contributed by atoms with Crippen LogP contribution in [0.5, 0.6) is 0 Å². The highest BCUT2D eigenvalue weighted by Gasteiger charge is 2.13. The van der Waals surface area contributed by atoms with Gasteiger partial charge in [-0.3, -0.25) is 0 Å². The molecule has 0 nitrogen and oxygen atoms in total. The lowest BCUT2D eigenvalue weighted by atomic mass is 10.1. The summed E-state index contributed by atoms with van der Waals surface area (Å²) in [6, 6.07) is 0. The Morgan fingerprint density at radius 3 is 2.38 bits per heavy atom. The number of thioether (sulfide) groups is 1. The minimum absolute atomic E-state index is 0.936. The lowest BCUT2D eigenvalue weighted by Gasteiger charge is -2.22. The zero-order chi connectivity index (χ0) is 5.98. The zero-order valence-electron chi connectivity index (χ0n) is 5.68. The van der Waals surface area contributed by atoms with Crippen LogP contribution >= 0.6 is 11.8 Å². The molecule has 1 saturated heterocycles. The van der Waals surface area contributed by atoms with Crippen molar-refractivity contribution in [1.82, 2.24) is 0 Å². The highest BCUT2D eigenvalue weighted by atomic mass is 32.2. The van der Waals surface area contributed by atoms with Gasteiger partial charge in [-0.25, -0.2) is 0 Å². The Bertz CT molecular complexity index is 52.8. The van der Waals surface area contributed by atoms with Gasteiger partial charge < -0.3 is 0 Å². The first-order valence-electron chi connectivity index (χ1n) is 3.40. The van der Waals surface area contributed by atoms with Crippen molar-refractivity contribution in [2.24, 2.45) is 5.92 Å². The predicted octanol–water partition coefficient (Wildman–Crippen LogP) is 2.54. The molecule has 0 aromatic carbocycles. The molecule has 0 N–H and O–H groups in total. The molecule has 0 spiro atoms. The average Bonchev–Trinajstić information content (AvgIpc) is 1.77. The van der Waals surface area contributed by atoms with Crippen molar-refractivity contribution >= 4 is 11.8 Å². The van der Waals surface area contributed by atoms with Crippen LogP contribution in [-0.2, 0) is 0 Å². The van der Waals surface area contributed by atoms with E-state index < -0.39 is 0 Å². The van der Waals surface area contributed by atoms with Crippen molar-refractivity contribution in [2.75, 3.05) is 5.75 Å². The maximum Gasteiger partial charge on any atom is 0.00189 e. The number of hydrogen-bond donors (Lipinski definition) is 0. The molecule has 2 atom stereocenters. The van der Waals surface area contributed by atoms with Crippen molar-refractivity contribution in [1.29, 1.82) is 0 Å². The van der Waals surface area contributed by atoms with E-state index in [-0.39, 0.29) is 0 Å². The molecule has 0 radical (unpaired) electrons. The van der Waals surface area contributed by atoms with Crippen LogP contribution in [0.4, 0.5) is 0 Å². The van der Waals surface area contributed by atoms with Gasteiger partial charge in [-0.1, -0.05) is 13.8 Å². The van der Waals surface area contributed by atoms with E-state index in [0.717, 1.165) is 11.2 Å². The third-order valence-electron chi connectivity index (χ3n) is 1.73. The van der Waals surface area contributed by atoms with Gasteiger partial charge in [0, 0.05) is 5.25 Å². The minimum atomic E-state index is 0.936. The molecular weight excluding hydrogens is 116 g/mol. The molecule has 0 unspecified atom stereocenters. The van der Waals surface area contributed by atoms with Gasteiger partial charge in [0.15, 0.2) is 0 Å². The lowest BCUT2D eigenvalue weighted by molar-refractivity contribution is 0.542. The van der Waals surface area contributed by atoms with Crippen LogP contribution in [0.25, 0.3) is 0 Å². The maximum absolute atomic E-state index is 2.35. The van der Waals surface area contributed by atoms with Gasteiger partial charge >= 0.3 is 0 Å². The van der Waals surface area contributed by atoms with Gasteiger partial charge in [-0.05, 0) is 24.5 Å². The fourth-order valence-electron chi connectivity index (χ4n) is 1.01. The Morgan fingerprint density at radius 1 is 1.25 bits per heavy atom. The Morgan fingerprint density at radius 2 is 2.00 bits per heavy atom. The number of hydrogen-bond acceptors (Lipinski definition) is 1. The molecule has 1 aliphatic heterocycles. The van der Waals surface area contributed by atoms with Crippen molar-refractivity contribution in [3.63, 3.8) is 0 Å². The summed E-state index contributed by atoms with van der Waals surface area (Å²) in [7, 11) is 0. The van der Waals surface area contributed by atoms with Crippen LogP contribution in [0.15, 0.2) is 0 Å². The van der Waals surface area contributed by atoms with Crippen molar-refractivity contribution in [3.8, 4) is 0 Å². The van der Waals surface area contributed by atoms with Gasteiger partial charge in [-0.15, -0.1) is 0 Å². The molecular formula is C7H14S. The first-order chi connectivity index (χ1) is 3.79. The lowest BCUT2D eigenvalue weighted by Crippen LogP contribution is -2.12. The molecule has 0 bridgehead atoms. The fourth-order valence-corrected chi connectivity index (χ4v) is 2.14. The summed E-state index contributed by atoms with van der Waals surface area (Å²) in [5.41, 5.74) is 0. The molecule has 1 heteroatoms. The molecule has 0 aliphatic carbocycles. The Balaban J connectivity index is 2.19. The standard InChI is InChI=1S/C7H14S/c1-6-3-4-7(2)8-5-6/h6-7H,3-5H2,1-2H3/t6-,7-/m1/s1. The average molecular weight is 130 g/mol. The summed E-state index contributed by atoms with van der Waals surface area (Å²) in [6.07, 6.45) is 2.89. The molecule has 1 aliphatic rings. The molecule has 0 amide bonds. The summed E-state index contributed by atoms with van der Waals surface area (Å²) in [5, 5.41) is 0.936. The SMILES string of the molecule is C[C@@H]1CC[C@@H](C)SC1.